The Balaban J connectivity index is 1.72. The number of thioether (sulfide) groups is 1. The van der Waals surface area contributed by atoms with Gasteiger partial charge in [0, 0.05) is 6.92 Å². The van der Waals surface area contributed by atoms with Crippen molar-refractivity contribution < 1.29 is 33.4 Å². The fraction of sp³-hybridized carbons (Fsp3) is 0.833. The van der Waals surface area contributed by atoms with E-state index in [0.29, 0.717) is 18.6 Å². The molecule has 0 bridgehead atoms. The Bertz CT molecular complexity index is 643. The molecule has 0 spiro atoms. The van der Waals surface area contributed by atoms with Crippen LogP contribution in [0.4, 0.5) is 4.39 Å². The number of rotatable bonds is 6. The van der Waals surface area contributed by atoms with E-state index < -0.39 is 46.5 Å². The lowest BCUT2D eigenvalue weighted by atomic mass is 9.65. The summed E-state index contributed by atoms with van der Waals surface area (Å²) in [7, 11) is 1.23. The van der Waals surface area contributed by atoms with E-state index >= 15 is 4.39 Å². The summed E-state index contributed by atoms with van der Waals surface area (Å²) in [6, 6.07) is -0.833. The van der Waals surface area contributed by atoms with Crippen molar-refractivity contribution in [2.45, 2.75) is 68.2 Å². The first-order chi connectivity index (χ1) is 12.6. The van der Waals surface area contributed by atoms with Crippen molar-refractivity contribution in [2.75, 3.05) is 12.9 Å². The van der Waals surface area contributed by atoms with Crippen LogP contribution >= 0.6 is 11.8 Å². The van der Waals surface area contributed by atoms with Crippen LogP contribution in [0.1, 0.15) is 39.5 Å². The molecule has 7 nitrogen and oxygen atoms in total. The van der Waals surface area contributed by atoms with Crippen LogP contribution < -0.4 is 5.32 Å². The summed E-state index contributed by atoms with van der Waals surface area (Å²) >= 11 is 1.20. The highest BCUT2D eigenvalue weighted by Gasteiger charge is 2.71. The number of amides is 1. The molecule has 0 aromatic carbocycles. The van der Waals surface area contributed by atoms with Crippen LogP contribution in [0, 0.1) is 11.8 Å². The minimum Gasteiger partial charge on any atom is -0.467 e. The summed E-state index contributed by atoms with van der Waals surface area (Å²) in [5.74, 6) is -2.37. The van der Waals surface area contributed by atoms with Gasteiger partial charge in [-0.2, -0.15) is 11.8 Å². The van der Waals surface area contributed by atoms with Crippen LogP contribution in [-0.2, 0) is 23.9 Å². The standard InChI is InChI=1S/C18H26FNO6S/c1-9(21)20-11(15(22)25-3)6-7-27-14-13-16(23)26-12-5-4-10(18(12,13)24)8-17(14,2)19/h10-14,24H,4-8H2,1-3H3,(H,20,21)/t10-,11+,12-,13?,14+,17+,18-/m1/s1. The third-order valence-electron chi connectivity index (χ3n) is 6.07. The number of carbonyl (C=O) groups excluding carboxylic acids is 3. The van der Waals surface area contributed by atoms with Crippen LogP contribution in [0.2, 0.25) is 0 Å². The maximum absolute atomic E-state index is 15.4. The van der Waals surface area contributed by atoms with Crippen LogP contribution in [0.5, 0.6) is 0 Å². The molecule has 27 heavy (non-hydrogen) atoms. The van der Waals surface area contributed by atoms with Gasteiger partial charge in [-0.3, -0.25) is 9.59 Å². The normalized spacial score (nSPS) is 40.9. The number of hydrogen-bond donors (Lipinski definition) is 2. The van der Waals surface area contributed by atoms with Gasteiger partial charge in [0.15, 0.2) is 0 Å². The topological polar surface area (TPSA) is 102 Å². The number of aliphatic hydroxyl groups is 1. The molecule has 1 heterocycles. The third-order valence-corrected chi connectivity index (χ3v) is 7.66. The molecule has 9 heteroatoms. The zero-order valence-corrected chi connectivity index (χ0v) is 16.5. The summed E-state index contributed by atoms with van der Waals surface area (Å²) < 4.78 is 25.5. The first kappa shape index (κ1) is 20.4. The second-order valence-corrected chi connectivity index (χ2v) is 9.15. The Morgan fingerprint density at radius 1 is 1.48 bits per heavy atom. The molecule has 0 aromatic heterocycles. The molecule has 3 rings (SSSR count). The first-order valence-corrected chi connectivity index (χ1v) is 10.2. The molecule has 152 valence electrons. The van der Waals surface area contributed by atoms with Crippen molar-refractivity contribution in [3.63, 3.8) is 0 Å². The van der Waals surface area contributed by atoms with Gasteiger partial charge in [-0.1, -0.05) is 0 Å². The van der Waals surface area contributed by atoms with E-state index in [2.05, 4.69) is 10.1 Å². The largest absolute Gasteiger partial charge is 0.467 e. The zero-order valence-electron chi connectivity index (χ0n) is 15.7. The van der Waals surface area contributed by atoms with Gasteiger partial charge in [0.1, 0.15) is 29.3 Å². The van der Waals surface area contributed by atoms with Crippen molar-refractivity contribution in [2.24, 2.45) is 11.8 Å². The van der Waals surface area contributed by atoms with E-state index in [1.807, 2.05) is 0 Å². The number of alkyl halides is 1. The van der Waals surface area contributed by atoms with Gasteiger partial charge >= 0.3 is 11.9 Å². The highest BCUT2D eigenvalue weighted by atomic mass is 32.2. The lowest BCUT2D eigenvalue weighted by molar-refractivity contribution is -0.147. The molecular weight excluding hydrogens is 377 g/mol. The first-order valence-electron chi connectivity index (χ1n) is 9.19. The Hall–Kier alpha value is -1.35. The Morgan fingerprint density at radius 3 is 2.81 bits per heavy atom. The average Bonchev–Trinajstić information content (AvgIpc) is 3.01. The summed E-state index contributed by atoms with van der Waals surface area (Å²) in [4.78, 5) is 35.5. The lowest BCUT2D eigenvalue weighted by Crippen LogP contribution is -2.60. The van der Waals surface area contributed by atoms with Gasteiger partial charge in [-0.15, -0.1) is 0 Å². The quantitative estimate of drug-likeness (QED) is 0.637. The SMILES string of the molecule is COC(=O)[C@H](CCS[C@H]1C2C(=O)O[C@@H]3CC[C@H](C[C@]1(C)F)[C@]23O)NC(C)=O. The van der Waals surface area contributed by atoms with Crippen molar-refractivity contribution in [3.05, 3.63) is 0 Å². The molecule has 2 N–H and O–H groups in total. The van der Waals surface area contributed by atoms with Gasteiger partial charge in [0.2, 0.25) is 5.91 Å². The lowest BCUT2D eigenvalue weighted by Gasteiger charge is -2.47. The molecule has 2 aliphatic carbocycles. The molecule has 3 aliphatic rings. The number of halogens is 1. The number of methoxy groups -OCH3 is 1. The van der Waals surface area contributed by atoms with Crippen molar-refractivity contribution in [1.82, 2.24) is 5.32 Å². The predicted octanol–water partition coefficient (Wildman–Crippen LogP) is 0.971. The molecule has 1 unspecified atom stereocenters. The van der Waals surface area contributed by atoms with E-state index in [1.165, 1.54) is 32.7 Å². The highest BCUT2D eigenvalue weighted by Crippen LogP contribution is 2.60. The van der Waals surface area contributed by atoms with Gasteiger partial charge in [0.05, 0.1) is 12.4 Å². The van der Waals surface area contributed by atoms with Crippen molar-refractivity contribution in [3.8, 4) is 0 Å². The maximum Gasteiger partial charge on any atom is 0.328 e. The fourth-order valence-corrected chi connectivity index (χ4v) is 6.48. The monoisotopic (exact) mass is 403 g/mol. The molecule has 0 radical (unpaired) electrons. The molecule has 1 aliphatic heterocycles. The van der Waals surface area contributed by atoms with Crippen molar-refractivity contribution >= 4 is 29.6 Å². The molecule has 1 saturated heterocycles. The number of nitrogens with one attached hydrogen (secondary N) is 1. The van der Waals surface area contributed by atoms with Crippen LogP contribution in [0.3, 0.4) is 0 Å². The molecule has 3 fully saturated rings. The average molecular weight is 403 g/mol. The van der Waals surface area contributed by atoms with Crippen LogP contribution in [-0.4, -0.2) is 64.5 Å². The molecular formula is C18H26FNO6S. The number of carbonyl (C=O) groups is 3. The number of hydrogen-bond acceptors (Lipinski definition) is 7. The smallest absolute Gasteiger partial charge is 0.328 e. The van der Waals surface area contributed by atoms with E-state index in [0.717, 1.165) is 0 Å². The number of esters is 2. The predicted molar refractivity (Wildman–Crippen MR) is 95.7 cm³/mol. The van der Waals surface area contributed by atoms with Gasteiger partial charge in [-0.25, -0.2) is 9.18 Å². The molecule has 7 atom stereocenters. The minimum atomic E-state index is -1.64. The third kappa shape index (κ3) is 3.44. The summed E-state index contributed by atoms with van der Waals surface area (Å²) in [6.45, 7) is 2.77. The summed E-state index contributed by atoms with van der Waals surface area (Å²) in [5, 5.41) is 12.9. The summed E-state index contributed by atoms with van der Waals surface area (Å²) in [5.41, 5.74) is -2.95. The van der Waals surface area contributed by atoms with Gasteiger partial charge < -0.3 is 19.9 Å². The van der Waals surface area contributed by atoms with Gasteiger partial charge in [-0.05, 0) is 44.3 Å². The fourth-order valence-electron chi connectivity index (χ4n) is 4.88. The summed E-state index contributed by atoms with van der Waals surface area (Å²) in [6.07, 6.45) is 1.06. The molecule has 1 amide bonds. The Morgan fingerprint density at radius 2 is 2.19 bits per heavy atom. The molecule has 2 saturated carbocycles. The van der Waals surface area contributed by atoms with Crippen LogP contribution in [0.25, 0.3) is 0 Å². The zero-order chi connectivity index (χ0) is 20.0. The number of ether oxygens (including phenoxy) is 2. The van der Waals surface area contributed by atoms with E-state index in [1.54, 1.807) is 0 Å². The second-order valence-electron chi connectivity index (χ2n) is 7.90. The highest BCUT2D eigenvalue weighted by molar-refractivity contribution is 8.00. The van der Waals surface area contributed by atoms with E-state index in [9.17, 15) is 19.5 Å². The van der Waals surface area contributed by atoms with Crippen molar-refractivity contribution in [1.29, 1.82) is 0 Å². The van der Waals surface area contributed by atoms with E-state index in [4.69, 9.17) is 4.74 Å². The Labute approximate surface area is 161 Å². The van der Waals surface area contributed by atoms with E-state index in [-0.39, 0.29) is 24.7 Å². The molecule has 0 aromatic rings. The van der Waals surface area contributed by atoms with Gasteiger partial charge in [0.25, 0.3) is 0 Å². The Kier molecular flexibility index (Phi) is 5.46. The second kappa shape index (κ2) is 7.24. The maximum atomic E-state index is 15.4. The van der Waals surface area contributed by atoms with Crippen LogP contribution in [0.15, 0.2) is 0 Å². The minimum absolute atomic E-state index is 0.178.